The molecule has 6 nitrogen and oxygen atoms in total. The lowest BCUT2D eigenvalue weighted by Gasteiger charge is -2.06. The minimum atomic E-state index is -2.87. The second-order valence-corrected chi connectivity index (χ2v) is 6.12. The van der Waals surface area contributed by atoms with E-state index in [9.17, 15) is 8.78 Å². The zero-order valence-electron chi connectivity index (χ0n) is 13.3. The molecule has 0 saturated heterocycles. The molecule has 1 aromatic heterocycles. The molecule has 1 heterocycles. The molecule has 0 aliphatic carbocycles. The third kappa shape index (κ3) is 4.10. The fourth-order valence-electron chi connectivity index (χ4n) is 2.24. The van der Waals surface area contributed by atoms with Crippen LogP contribution in [0.1, 0.15) is 11.1 Å². The summed E-state index contributed by atoms with van der Waals surface area (Å²) in [6, 6.07) is 15.3. The van der Waals surface area contributed by atoms with Crippen molar-refractivity contribution in [1.29, 1.82) is 5.26 Å². The van der Waals surface area contributed by atoms with Crippen molar-refractivity contribution < 1.29 is 13.5 Å². The number of hydrogen-bond donors (Lipinski definition) is 1. The molecular weight excluding hydrogens is 360 g/mol. The Bertz CT molecular complexity index is 937. The van der Waals surface area contributed by atoms with Crippen molar-refractivity contribution in [2.45, 2.75) is 17.5 Å². The maximum absolute atomic E-state index is 12.2. The first-order valence-corrected chi connectivity index (χ1v) is 8.43. The predicted molar refractivity (Wildman–Crippen MR) is 93.0 cm³/mol. The maximum Gasteiger partial charge on any atom is 0.387 e. The molecular formula is C17H13F2N5OS. The molecule has 26 heavy (non-hydrogen) atoms. The van der Waals surface area contributed by atoms with Gasteiger partial charge in [-0.1, -0.05) is 23.9 Å². The topological polar surface area (TPSA) is 89.8 Å². The van der Waals surface area contributed by atoms with E-state index < -0.39 is 6.61 Å². The van der Waals surface area contributed by atoms with Crippen LogP contribution in [-0.2, 0) is 5.75 Å². The third-order valence-electron chi connectivity index (χ3n) is 3.43. The van der Waals surface area contributed by atoms with Crippen molar-refractivity contribution in [3.05, 3.63) is 59.7 Å². The Morgan fingerprint density at radius 2 is 1.96 bits per heavy atom. The molecule has 2 aromatic carbocycles. The number of nitrogens with two attached hydrogens (primary N) is 1. The van der Waals surface area contributed by atoms with Crippen LogP contribution in [0.4, 0.5) is 8.78 Å². The van der Waals surface area contributed by atoms with Gasteiger partial charge in [0.05, 0.1) is 11.6 Å². The monoisotopic (exact) mass is 373 g/mol. The second-order valence-electron chi connectivity index (χ2n) is 5.18. The number of nitriles is 1. The molecule has 0 saturated carbocycles. The molecule has 0 fully saturated rings. The average Bonchev–Trinajstić information content (AvgIpc) is 3.01. The zero-order valence-corrected chi connectivity index (χ0v) is 14.2. The highest BCUT2D eigenvalue weighted by atomic mass is 32.2. The van der Waals surface area contributed by atoms with Gasteiger partial charge < -0.3 is 10.6 Å². The minimum Gasteiger partial charge on any atom is -0.435 e. The van der Waals surface area contributed by atoms with Gasteiger partial charge in [-0.05, 0) is 42.0 Å². The molecule has 132 valence electrons. The van der Waals surface area contributed by atoms with E-state index in [4.69, 9.17) is 11.1 Å². The summed E-state index contributed by atoms with van der Waals surface area (Å²) in [4.78, 5) is 0. The van der Waals surface area contributed by atoms with E-state index in [1.54, 1.807) is 24.3 Å². The molecule has 0 bridgehead atoms. The quantitative estimate of drug-likeness (QED) is 0.526. The molecule has 0 atom stereocenters. The number of benzene rings is 2. The Balaban J connectivity index is 1.72. The second kappa shape index (κ2) is 7.84. The van der Waals surface area contributed by atoms with E-state index in [2.05, 4.69) is 21.0 Å². The summed E-state index contributed by atoms with van der Waals surface area (Å²) in [5.74, 6) is 7.08. The van der Waals surface area contributed by atoms with Crippen molar-refractivity contribution in [3.63, 3.8) is 0 Å². The van der Waals surface area contributed by atoms with Gasteiger partial charge in [0.15, 0.2) is 5.82 Å². The van der Waals surface area contributed by atoms with E-state index in [1.165, 1.54) is 28.6 Å². The fraction of sp³-hybridized carbons (Fsp3) is 0.118. The molecule has 0 amide bonds. The van der Waals surface area contributed by atoms with E-state index in [-0.39, 0.29) is 5.75 Å². The van der Waals surface area contributed by atoms with Gasteiger partial charge in [-0.2, -0.15) is 14.0 Å². The van der Waals surface area contributed by atoms with Gasteiger partial charge in [-0.3, -0.25) is 0 Å². The average molecular weight is 373 g/mol. The predicted octanol–water partition coefficient (Wildman–Crippen LogP) is 3.42. The number of ether oxygens (including phenoxy) is 1. The molecule has 0 radical (unpaired) electrons. The lowest BCUT2D eigenvalue weighted by Crippen LogP contribution is -2.11. The Labute approximate surface area is 152 Å². The highest BCUT2D eigenvalue weighted by molar-refractivity contribution is 7.98. The summed E-state index contributed by atoms with van der Waals surface area (Å²) in [5, 5.41) is 17.5. The highest BCUT2D eigenvalue weighted by Gasteiger charge is 2.13. The van der Waals surface area contributed by atoms with E-state index in [0.29, 0.717) is 27.9 Å². The molecule has 3 rings (SSSR count). The smallest absolute Gasteiger partial charge is 0.387 e. The number of aromatic nitrogens is 3. The summed E-state index contributed by atoms with van der Waals surface area (Å²) in [5.41, 5.74) is 2.18. The Morgan fingerprint density at radius 1 is 1.19 bits per heavy atom. The first kappa shape index (κ1) is 17.7. The van der Waals surface area contributed by atoms with Crippen LogP contribution in [0.25, 0.3) is 11.4 Å². The molecule has 3 aromatic rings. The number of nitrogens with zero attached hydrogens (tertiary/aromatic N) is 4. The van der Waals surface area contributed by atoms with Crippen LogP contribution in [0.3, 0.4) is 0 Å². The van der Waals surface area contributed by atoms with Crippen LogP contribution in [0.2, 0.25) is 0 Å². The number of thioether (sulfide) groups is 1. The van der Waals surface area contributed by atoms with Crippen LogP contribution in [-0.4, -0.2) is 21.5 Å². The first-order chi connectivity index (χ1) is 12.6. The van der Waals surface area contributed by atoms with Crippen molar-refractivity contribution in [2.75, 3.05) is 5.84 Å². The van der Waals surface area contributed by atoms with Crippen molar-refractivity contribution in [2.24, 2.45) is 0 Å². The van der Waals surface area contributed by atoms with Gasteiger partial charge in [0.25, 0.3) is 0 Å². The van der Waals surface area contributed by atoms with Gasteiger partial charge in [0.1, 0.15) is 5.75 Å². The van der Waals surface area contributed by atoms with Crippen molar-refractivity contribution in [1.82, 2.24) is 14.9 Å². The summed E-state index contributed by atoms with van der Waals surface area (Å²) >= 11 is 1.38. The number of rotatable bonds is 6. The number of nitrogen functional groups attached to an aromatic ring is 1. The third-order valence-corrected chi connectivity index (χ3v) is 4.44. The Kier molecular flexibility index (Phi) is 5.34. The Hall–Kier alpha value is -3.12. The standard InChI is InChI=1S/C17H13F2N5OS/c18-16(19)25-14-6-4-13(5-7-14)15-22-23-17(24(15)21)26-10-12-3-1-2-11(8-12)9-20/h1-8,16H,10,21H2. The van der Waals surface area contributed by atoms with Gasteiger partial charge in [0.2, 0.25) is 5.16 Å². The van der Waals surface area contributed by atoms with E-state index in [1.807, 2.05) is 12.1 Å². The fourth-order valence-corrected chi connectivity index (χ4v) is 3.04. The van der Waals surface area contributed by atoms with Gasteiger partial charge in [0, 0.05) is 11.3 Å². The molecule has 0 aliphatic rings. The lowest BCUT2D eigenvalue weighted by atomic mass is 10.2. The van der Waals surface area contributed by atoms with Crippen LogP contribution < -0.4 is 10.6 Å². The summed E-state index contributed by atoms with van der Waals surface area (Å²) in [6.45, 7) is -2.87. The first-order valence-electron chi connectivity index (χ1n) is 7.44. The SMILES string of the molecule is N#Cc1cccc(CSc2nnc(-c3ccc(OC(F)F)cc3)n2N)c1. The van der Waals surface area contributed by atoms with Crippen LogP contribution >= 0.6 is 11.8 Å². The number of alkyl halides is 2. The molecule has 0 aliphatic heterocycles. The normalized spacial score (nSPS) is 10.7. The number of hydrogen-bond acceptors (Lipinski definition) is 6. The van der Waals surface area contributed by atoms with Crippen molar-refractivity contribution >= 4 is 11.8 Å². The Morgan fingerprint density at radius 3 is 2.65 bits per heavy atom. The highest BCUT2D eigenvalue weighted by Crippen LogP contribution is 2.26. The largest absolute Gasteiger partial charge is 0.435 e. The van der Waals surface area contributed by atoms with Gasteiger partial charge in [-0.25, -0.2) is 4.68 Å². The van der Waals surface area contributed by atoms with E-state index in [0.717, 1.165) is 5.56 Å². The lowest BCUT2D eigenvalue weighted by molar-refractivity contribution is -0.0498. The van der Waals surface area contributed by atoms with Crippen LogP contribution in [0, 0.1) is 11.3 Å². The molecule has 0 spiro atoms. The van der Waals surface area contributed by atoms with Crippen LogP contribution in [0.5, 0.6) is 5.75 Å². The summed E-state index contributed by atoms with van der Waals surface area (Å²) in [6.07, 6.45) is 0. The molecule has 9 heteroatoms. The van der Waals surface area contributed by atoms with Crippen molar-refractivity contribution in [3.8, 4) is 23.2 Å². The summed E-state index contributed by atoms with van der Waals surface area (Å²) < 4.78 is 30.0. The molecule has 0 unspecified atom stereocenters. The number of halogens is 2. The maximum atomic E-state index is 12.2. The minimum absolute atomic E-state index is 0.0545. The van der Waals surface area contributed by atoms with Gasteiger partial charge in [-0.15, -0.1) is 10.2 Å². The van der Waals surface area contributed by atoms with Gasteiger partial charge >= 0.3 is 6.61 Å². The summed E-state index contributed by atoms with van der Waals surface area (Å²) in [7, 11) is 0. The van der Waals surface area contributed by atoms with Crippen LogP contribution in [0.15, 0.2) is 53.7 Å². The zero-order chi connectivity index (χ0) is 18.5. The molecule has 2 N–H and O–H groups in total. The van der Waals surface area contributed by atoms with E-state index >= 15 is 0 Å².